The van der Waals surface area contributed by atoms with Crippen LogP contribution in [0.25, 0.3) is 0 Å². The predicted molar refractivity (Wildman–Crippen MR) is 77.2 cm³/mol. The van der Waals surface area contributed by atoms with Gasteiger partial charge in [-0.3, -0.25) is 0 Å². The first-order chi connectivity index (χ1) is 9.66. The highest BCUT2D eigenvalue weighted by atomic mass is 19.4. The smallest absolute Gasteiger partial charge is 0.406 e. The Labute approximate surface area is 123 Å². The van der Waals surface area contributed by atoms with E-state index in [2.05, 4.69) is 36.1 Å². The summed E-state index contributed by atoms with van der Waals surface area (Å²) in [4.78, 5) is 0. The Balaban J connectivity index is 2.21. The van der Waals surface area contributed by atoms with Gasteiger partial charge in [-0.15, -0.1) is 13.2 Å². The molecule has 0 heterocycles. The second-order valence-electron chi connectivity index (χ2n) is 5.90. The fourth-order valence-corrected chi connectivity index (χ4v) is 1.72. The normalized spacial score (nSPS) is 12.5. The Morgan fingerprint density at radius 3 is 2.14 bits per heavy atom. The number of nitrogens with one attached hydrogen (secondary N) is 2. The predicted octanol–water partition coefficient (Wildman–Crippen LogP) is 3.45. The topological polar surface area (TPSA) is 33.3 Å². The van der Waals surface area contributed by atoms with Crippen LogP contribution < -0.4 is 15.4 Å². The molecule has 1 aromatic carbocycles. The van der Waals surface area contributed by atoms with E-state index in [1.165, 1.54) is 12.1 Å². The van der Waals surface area contributed by atoms with Crippen LogP contribution in [-0.2, 0) is 6.54 Å². The van der Waals surface area contributed by atoms with Crippen LogP contribution in [0, 0.1) is 0 Å². The summed E-state index contributed by atoms with van der Waals surface area (Å²) in [6.07, 6.45) is -3.65. The van der Waals surface area contributed by atoms with Gasteiger partial charge >= 0.3 is 6.36 Å². The molecule has 1 aromatic rings. The number of alkyl halides is 3. The van der Waals surface area contributed by atoms with E-state index in [1.807, 2.05) is 0 Å². The molecule has 6 heteroatoms. The van der Waals surface area contributed by atoms with Crippen molar-refractivity contribution in [1.29, 1.82) is 0 Å². The third kappa shape index (κ3) is 9.31. The summed E-state index contributed by atoms with van der Waals surface area (Å²) in [6.45, 7) is 8.75. The van der Waals surface area contributed by atoms with Crippen LogP contribution in [0.15, 0.2) is 24.3 Å². The van der Waals surface area contributed by atoms with Crippen molar-refractivity contribution in [2.24, 2.45) is 0 Å². The molecule has 120 valence electrons. The van der Waals surface area contributed by atoms with Gasteiger partial charge < -0.3 is 15.4 Å². The summed E-state index contributed by atoms with van der Waals surface area (Å²) in [7, 11) is 0. The van der Waals surface area contributed by atoms with Gasteiger partial charge in [0.1, 0.15) is 5.75 Å². The molecule has 0 aliphatic carbocycles. The van der Waals surface area contributed by atoms with E-state index in [0.717, 1.165) is 25.1 Å². The van der Waals surface area contributed by atoms with Crippen molar-refractivity contribution in [3.63, 3.8) is 0 Å². The van der Waals surface area contributed by atoms with Crippen molar-refractivity contribution >= 4 is 0 Å². The van der Waals surface area contributed by atoms with Crippen LogP contribution in [0.2, 0.25) is 0 Å². The van der Waals surface area contributed by atoms with Gasteiger partial charge in [0.25, 0.3) is 0 Å². The fraction of sp³-hybridized carbons (Fsp3) is 0.600. The van der Waals surface area contributed by atoms with Crippen molar-refractivity contribution in [2.75, 3.05) is 13.1 Å². The Hall–Kier alpha value is -1.27. The zero-order chi connectivity index (χ0) is 15.9. The Morgan fingerprint density at radius 1 is 1.00 bits per heavy atom. The summed E-state index contributed by atoms with van der Waals surface area (Å²) < 4.78 is 39.8. The van der Waals surface area contributed by atoms with Gasteiger partial charge in [-0.1, -0.05) is 12.1 Å². The SMILES string of the molecule is CC(C)(C)NCCCNCc1ccc(OC(F)(F)F)cc1. The van der Waals surface area contributed by atoms with E-state index >= 15 is 0 Å². The number of halogens is 3. The number of hydrogen-bond acceptors (Lipinski definition) is 3. The van der Waals surface area contributed by atoms with Crippen molar-refractivity contribution in [1.82, 2.24) is 10.6 Å². The molecule has 0 unspecified atom stereocenters. The van der Waals surface area contributed by atoms with E-state index in [4.69, 9.17) is 0 Å². The third-order valence-electron chi connectivity index (χ3n) is 2.67. The molecule has 0 aromatic heterocycles. The third-order valence-corrected chi connectivity index (χ3v) is 2.67. The summed E-state index contributed by atoms with van der Waals surface area (Å²) in [5.41, 5.74) is 1.04. The van der Waals surface area contributed by atoms with Gasteiger partial charge in [0.15, 0.2) is 0 Å². The standard InChI is InChI=1S/C15H23F3N2O/c1-14(2,3)20-10-4-9-19-11-12-5-7-13(8-6-12)21-15(16,17)18/h5-8,19-20H,4,9-11H2,1-3H3. The highest BCUT2D eigenvalue weighted by Gasteiger charge is 2.30. The minimum absolute atomic E-state index is 0.119. The molecule has 0 radical (unpaired) electrons. The maximum atomic E-state index is 12.0. The van der Waals surface area contributed by atoms with E-state index in [0.29, 0.717) is 6.54 Å². The quantitative estimate of drug-likeness (QED) is 0.757. The van der Waals surface area contributed by atoms with Gasteiger partial charge in [0, 0.05) is 12.1 Å². The zero-order valence-electron chi connectivity index (χ0n) is 12.7. The van der Waals surface area contributed by atoms with Gasteiger partial charge in [0.05, 0.1) is 0 Å². The summed E-state index contributed by atoms with van der Waals surface area (Å²) in [5.74, 6) is -0.194. The fourth-order valence-electron chi connectivity index (χ4n) is 1.72. The summed E-state index contributed by atoms with van der Waals surface area (Å²) in [5, 5.41) is 6.64. The lowest BCUT2D eigenvalue weighted by atomic mass is 10.1. The minimum atomic E-state index is -4.64. The van der Waals surface area contributed by atoms with E-state index in [9.17, 15) is 13.2 Å². The minimum Gasteiger partial charge on any atom is -0.406 e. The lowest BCUT2D eigenvalue weighted by Crippen LogP contribution is -2.37. The van der Waals surface area contributed by atoms with Crippen molar-refractivity contribution < 1.29 is 17.9 Å². The Bertz CT molecular complexity index is 410. The maximum Gasteiger partial charge on any atom is 0.573 e. The molecular weight excluding hydrogens is 281 g/mol. The van der Waals surface area contributed by atoms with Crippen molar-refractivity contribution in [2.45, 2.75) is 45.6 Å². The largest absolute Gasteiger partial charge is 0.573 e. The van der Waals surface area contributed by atoms with Gasteiger partial charge in [0.2, 0.25) is 0 Å². The second-order valence-corrected chi connectivity index (χ2v) is 5.90. The average Bonchev–Trinajstić information content (AvgIpc) is 2.32. The van der Waals surface area contributed by atoms with Crippen LogP contribution in [0.5, 0.6) is 5.75 Å². The van der Waals surface area contributed by atoms with E-state index in [1.54, 1.807) is 12.1 Å². The monoisotopic (exact) mass is 304 g/mol. The van der Waals surface area contributed by atoms with Gasteiger partial charge in [-0.25, -0.2) is 0 Å². The van der Waals surface area contributed by atoms with Crippen LogP contribution >= 0.6 is 0 Å². The average molecular weight is 304 g/mol. The summed E-state index contributed by atoms with van der Waals surface area (Å²) >= 11 is 0. The molecule has 0 bridgehead atoms. The molecular formula is C15H23F3N2O. The van der Waals surface area contributed by atoms with E-state index in [-0.39, 0.29) is 11.3 Å². The molecule has 0 aliphatic rings. The lowest BCUT2D eigenvalue weighted by Gasteiger charge is -2.20. The Kier molecular flexibility index (Phi) is 6.48. The van der Waals surface area contributed by atoms with Crippen molar-refractivity contribution in [3.05, 3.63) is 29.8 Å². The molecule has 0 spiro atoms. The molecule has 0 aliphatic heterocycles. The molecule has 0 atom stereocenters. The van der Waals surface area contributed by atoms with Gasteiger partial charge in [-0.2, -0.15) is 0 Å². The molecule has 3 nitrogen and oxygen atoms in total. The Morgan fingerprint density at radius 2 is 1.62 bits per heavy atom. The molecule has 0 amide bonds. The first-order valence-corrected chi connectivity index (χ1v) is 6.96. The molecule has 2 N–H and O–H groups in total. The lowest BCUT2D eigenvalue weighted by molar-refractivity contribution is -0.274. The first-order valence-electron chi connectivity index (χ1n) is 6.96. The highest BCUT2D eigenvalue weighted by molar-refractivity contribution is 5.27. The molecule has 21 heavy (non-hydrogen) atoms. The van der Waals surface area contributed by atoms with Crippen LogP contribution in [0.4, 0.5) is 13.2 Å². The summed E-state index contributed by atoms with van der Waals surface area (Å²) in [6, 6.07) is 5.90. The maximum absolute atomic E-state index is 12.0. The number of hydrogen-bond donors (Lipinski definition) is 2. The molecule has 0 saturated carbocycles. The van der Waals surface area contributed by atoms with Gasteiger partial charge in [-0.05, 0) is 58.0 Å². The molecule has 0 saturated heterocycles. The first kappa shape index (κ1) is 17.8. The molecule has 0 fully saturated rings. The van der Waals surface area contributed by atoms with Crippen LogP contribution in [0.3, 0.4) is 0 Å². The molecule has 1 rings (SSSR count). The zero-order valence-corrected chi connectivity index (χ0v) is 12.7. The number of benzene rings is 1. The van der Waals surface area contributed by atoms with Crippen LogP contribution in [-0.4, -0.2) is 25.0 Å². The second kappa shape index (κ2) is 7.66. The highest BCUT2D eigenvalue weighted by Crippen LogP contribution is 2.22. The number of ether oxygens (including phenoxy) is 1. The number of rotatable bonds is 7. The van der Waals surface area contributed by atoms with E-state index < -0.39 is 6.36 Å². The van der Waals surface area contributed by atoms with Crippen LogP contribution in [0.1, 0.15) is 32.8 Å². The van der Waals surface area contributed by atoms with Crippen molar-refractivity contribution in [3.8, 4) is 5.75 Å².